The molecule has 0 amide bonds. The maximum absolute atomic E-state index is 5.48. The average Bonchev–Trinajstić information content (AvgIpc) is 3.09. The van der Waals surface area contributed by atoms with Gasteiger partial charge in [-0.2, -0.15) is 0 Å². The van der Waals surface area contributed by atoms with Crippen LogP contribution in [0.25, 0.3) is 0 Å². The van der Waals surface area contributed by atoms with Gasteiger partial charge < -0.3 is 4.90 Å². The molecule has 0 atom stereocenters. The van der Waals surface area contributed by atoms with Crippen molar-refractivity contribution in [3.05, 3.63) is 60.4 Å². The molecule has 1 aromatic heterocycles. The second-order valence-electron chi connectivity index (χ2n) is 6.24. The zero-order valence-electron chi connectivity index (χ0n) is 14.2. The van der Waals surface area contributed by atoms with Gasteiger partial charge in [-0.15, -0.1) is 12.4 Å². The third kappa shape index (κ3) is 4.82. The fraction of sp³-hybridized carbons (Fsp3) is 0.421. The molecule has 0 spiro atoms. The molecule has 0 radical (unpaired) electrons. The van der Waals surface area contributed by atoms with Crippen LogP contribution in [0.3, 0.4) is 0 Å². The predicted molar refractivity (Wildman–Crippen MR) is 108 cm³/mol. The van der Waals surface area contributed by atoms with E-state index in [1.165, 1.54) is 18.4 Å². The molecule has 2 heterocycles. The Kier molecular flexibility index (Phi) is 7.28. The second-order valence-corrected chi connectivity index (χ2v) is 6.83. The van der Waals surface area contributed by atoms with Crippen LogP contribution in [-0.2, 0) is 6.42 Å². The number of hydrogen-bond donors (Lipinski definition) is 0. The van der Waals surface area contributed by atoms with Crippen LogP contribution in [0.4, 0.5) is 0 Å². The van der Waals surface area contributed by atoms with Gasteiger partial charge in [0.25, 0.3) is 0 Å². The summed E-state index contributed by atoms with van der Waals surface area (Å²) in [5, 5.41) is 2.27. The van der Waals surface area contributed by atoms with Crippen molar-refractivity contribution in [1.82, 2.24) is 9.58 Å². The molecule has 24 heavy (non-hydrogen) atoms. The van der Waals surface area contributed by atoms with Crippen molar-refractivity contribution in [2.24, 2.45) is 0 Å². The lowest BCUT2D eigenvalue weighted by atomic mass is 10.0. The molecule has 0 unspecified atom stereocenters. The van der Waals surface area contributed by atoms with Crippen molar-refractivity contribution >= 4 is 29.6 Å². The molecule has 1 fully saturated rings. The van der Waals surface area contributed by atoms with Crippen molar-refractivity contribution in [1.29, 1.82) is 0 Å². The normalized spacial score (nSPS) is 15.7. The number of nitrogens with zero attached hydrogens (tertiary/aromatic N) is 3. The zero-order valence-corrected chi connectivity index (χ0v) is 15.8. The third-order valence-electron chi connectivity index (χ3n) is 4.62. The zero-order chi connectivity index (χ0) is 16.1. The minimum absolute atomic E-state index is 0. The molecule has 0 bridgehead atoms. The van der Waals surface area contributed by atoms with E-state index in [0.717, 1.165) is 31.0 Å². The number of likely N-dealkylation sites (tertiary alicyclic amines) is 1. The lowest BCUT2D eigenvalue weighted by Gasteiger charge is -2.39. The summed E-state index contributed by atoms with van der Waals surface area (Å²) in [6.45, 7) is 5.48. The van der Waals surface area contributed by atoms with Gasteiger partial charge in [-0.05, 0) is 43.9 Å². The number of halogens is 1. The summed E-state index contributed by atoms with van der Waals surface area (Å²) in [6, 6.07) is 15.4. The van der Waals surface area contributed by atoms with Crippen LogP contribution in [0.1, 0.15) is 25.3 Å². The van der Waals surface area contributed by atoms with E-state index >= 15 is 0 Å². The first-order valence-corrected chi connectivity index (χ1v) is 8.84. The highest BCUT2D eigenvalue weighted by molar-refractivity contribution is 7.80. The highest BCUT2D eigenvalue weighted by Crippen LogP contribution is 2.17. The number of thiocarbonyl (C=S) groups is 1. The average molecular weight is 364 g/mol. The maximum atomic E-state index is 5.48. The van der Waals surface area contributed by atoms with E-state index in [0.29, 0.717) is 6.04 Å². The molecule has 0 saturated carbocycles. The van der Waals surface area contributed by atoms with Gasteiger partial charge in [0.15, 0.2) is 0 Å². The van der Waals surface area contributed by atoms with Gasteiger partial charge in [-0.25, -0.2) is 0 Å². The van der Waals surface area contributed by atoms with Crippen LogP contribution in [0, 0.1) is 0 Å². The third-order valence-corrected chi connectivity index (χ3v) is 4.81. The summed E-state index contributed by atoms with van der Waals surface area (Å²) in [6.07, 6.45) is 7.63. The summed E-state index contributed by atoms with van der Waals surface area (Å²) < 4.78 is 2.13. The van der Waals surface area contributed by atoms with Crippen molar-refractivity contribution in [2.45, 2.75) is 32.2 Å². The molecule has 0 N–H and O–H groups in total. The number of piperidine rings is 1. The van der Waals surface area contributed by atoms with E-state index in [1.807, 2.05) is 6.92 Å². The van der Waals surface area contributed by atoms with Gasteiger partial charge >= 0.3 is 0 Å². The molecule has 1 aromatic carbocycles. The Hall–Kier alpha value is -1.36. The Morgan fingerprint density at radius 2 is 1.71 bits per heavy atom. The van der Waals surface area contributed by atoms with Crippen LogP contribution in [0.2, 0.25) is 0 Å². The summed E-state index contributed by atoms with van der Waals surface area (Å²) >= 11 is 5.48. The first-order valence-electron chi connectivity index (χ1n) is 8.43. The van der Waals surface area contributed by atoms with E-state index in [2.05, 4.69) is 69.4 Å². The molecule has 130 valence electrons. The van der Waals surface area contributed by atoms with Crippen molar-refractivity contribution < 1.29 is 0 Å². The summed E-state index contributed by atoms with van der Waals surface area (Å²) in [7, 11) is 0. The summed E-state index contributed by atoms with van der Waals surface area (Å²) in [5.41, 5.74) is 1.43. The molecular weight excluding hydrogens is 338 g/mol. The Balaban J connectivity index is 0.00000208. The van der Waals surface area contributed by atoms with Gasteiger partial charge in [0.1, 0.15) is 0 Å². The monoisotopic (exact) mass is 363 g/mol. The lowest BCUT2D eigenvalue weighted by Crippen LogP contribution is -2.51. The van der Waals surface area contributed by atoms with Gasteiger partial charge in [-0.1, -0.05) is 42.5 Å². The molecule has 3 rings (SSSR count). The lowest BCUT2D eigenvalue weighted by molar-refractivity contribution is 0.209. The first-order chi connectivity index (χ1) is 11.2. The topological polar surface area (TPSA) is 11.4 Å². The second kappa shape index (κ2) is 9.21. The fourth-order valence-corrected chi connectivity index (χ4v) is 3.64. The summed E-state index contributed by atoms with van der Waals surface area (Å²) in [5.74, 6) is 0. The number of rotatable bonds is 5. The van der Waals surface area contributed by atoms with Crippen molar-refractivity contribution in [2.75, 3.05) is 24.6 Å². The van der Waals surface area contributed by atoms with Crippen LogP contribution in [0.5, 0.6) is 0 Å². The van der Waals surface area contributed by atoms with E-state index in [4.69, 9.17) is 12.2 Å². The van der Waals surface area contributed by atoms with Crippen LogP contribution in [-0.4, -0.2) is 40.2 Å². The van der Waals surface area contributed by atoms with E-state index in [1.54, 1.807) is 0 Å². The maximum Gasteiger partial charge on any atom is 0.0950 e. The van der Waals surface area contributed by atoms with Crippen LogP contribution >= 0.6 is 24.6 Å². The standard InChI is InChI=1S/C19H25N3S.ClH/c1-17(23)22(21-12-5-6-13-21)19-10-15-20(16-11-19)14-9-18-7-3-2-4-8-18;/h2-8,12-13,19H,9-11,14-16H2,1H3;1H. The van der Waals surface area contributed by atoms with Gasteiger partial charge in [-0.3, -0.25) is 9.69 Å². The quantitative estimate of drug-likeness (QED) is 0.747. The number of benzene rings is 1. The van der Waals surface area contributed by atoms with E-state index < -0.39 is 0 Å². The highest BCUT2D eigenvalue weighted by atomic mass is 35.5. The fourth-order valence-electron chi connectivity index (χ4n) is 3.40. The first kappa shape index (κ1) is 19.0. The smallest absolute Gasteiger partial charge is 0.0950 e. The molecule has 1 aliphatic rings. The Morgan fingerprint density at radius 3 is 2.29 bits per heavy atom. The molecule has 1 saturated heterocycles. The molecule has 2 aromatic rings. The molecule has 1 aliphatic heterocycles. The van der Waals surface area contributed by atoms with Crippen molar-refractivity contribution in [3.63, 3.8) is 0 Å². The van der Waals surface area contributed by atoms with Gasteiger partial charge in [0.2, 0.25) is 0 Å². The summed E-state index contributed by atoms with van der Waals surface area (Å²) in [4.78, 5) is 3.53. The predicted octanol–water partition coefficient (Wildman–Crippen LogP) is 3.90. The SMILES string of the molecule is CC(=S)N(C1CCN(CCc2ccccc2)CC1)n1cccc1.Cl. The Labute approximate surface area is 156 Å². The molecule has 3 nitrogen and oxygen atoms in total. The van der Waals surface area contributed by atoms with E-state index in [-0.39, 0.29) is 12.4 Å². The molecule has 5 heteroatoms. The van der Waals surface area contributed by atoms with Gasteiger partial charge in [0.05, 0.1) is 11.0 Å². The van der Waals surface area contributed by atoms with Crippen LogP contribution in [0.15, 0.2) is 54.9 Å². The molecule has 0 aliphatic carbocycles. The number of hydrogen-bond acceptors (Lipinski definition) is 2. The van der Waals surface area contributed by atoms with Crippen LogP contribution < -0.4 is 5.01 Å². The Morgan fingerprint density at radius 1 is 1.08 bits per heavy atom. The number of aromatic nitrogens is 1. The minimum Gasteiger partial charge on any atom is -0.303 e. The molecular formula is C19H26ClN3S. The van der Waals surface area contributed by atoms with Gasteiger partial charge in [0, 0.05) is 32.0 Å². The highest BCUT2D eigenvalue weighted by Gasteiger charge is 2.25. The largest absolute Gasteiger partial charge is 0.303 e. The minimum atomic E-state index is 0. The van der Waals surface area contributed by atoms with E-state index in [9.17, 15) is 0 Å². The Bertz CT molecular complexity index is 607. The van der Waals surface area contributed by atoms with Crippen molar-refractivity contribution in [3.8, 4) is 0 Å².